The largest absolute Gasteiger partial charge is 0.490 e. The third-order valence-electron chi connectivity index (χ3n) is 5.69. The molecule has 32 heavy (non-hydrogen) atoms. The van der Waals surface area contributed by atoms with Crippen LogP contribution in [0, 0.1) is 0 Å². The first-order valence-corrected chi connectivity index (χ1v) is 11.0. The lowest BCUT2D eigenvalue weighted by atomic mass is 9.88. The molecule has 0 aliphatic carbocycles. The molecular formula is C27H27NO4. The number of carbonyl (C=O) groups is 2. The van der Waals surface area contributed by atoms with Crippen molar-refractivity contribution >= 4 is 11.8 Å². The van der Waals surface area contributed by atoms with E-state index in [1.807, 2.05) is 50.2 Å². The standard InChI is InChI=1S/C27H27NO4/c1-3-31-24-15-14-20(18-25(24)32-4-2)21(19-10-6-5-7-11-19)16-17-28-26(29)22-12-8-9-13-23(22)27(28)30/h5-15,18,21H,3-4,16-17H2,1-2H3. The minimum atomic E-state index is -0.223. The molecule has 5 heteroatoms. The number of rotatable bonds is 9. The van der Waals surface area contributed by atoms with Gasteiger partial charge in [-0.2, -0.15) is 0 Å². The number of carbonyl (C=O) groups excluding carboxylic acids is 2. The normalized spacial score (nSPS) is 13.8. The minimum absolute atomic E-state index is 0.00426. The monoisotopic (exact) mass is 429 g/mol. The second-order valence-corrected chi connectivity index (χ2v) is 7.63. The second kappa shape index (κ2) is 9.69. The number of imide groups is 1. The lowest BCUT2D eigenvalue weighted by Gasteiger charge is -2.23. The summed E-state index contributed by atoms with van der Waals surface area (Å²) >= 11 is 0. The molecule has 1 atom stereocenters. The molecule has 0 saturated carbocycles. The van der Waals surface area contributed by atoms with Crippen LogP contribution in [0.3, 0.4) is 0 Å². The SMILES string of the molecule is CCOc1ccc(C(CCN2C(=O)c3ccccc3C2=O)c2ccccc2)cc1OCC. The maximum atomic E-state index is 12.8. The first kappa shape index (κ1) is 21.6. The summed E-state index contributed by atoms with van der Waals surface area (Å²) in [6, 6.07) is 23.1. The van der Waals surface area contributed by atoms with Crippen molar-refractivity contribution in [2.45, 2.75) is 26.2 Å². The molecule has 0 bridgehead atoms. The van der Waals surface area contributed by atoms with Gasteiger partial charge in [0.05, 0.1) is 24.3 Å². The second-order valence-electron chi connectivity index (χ2n) is 7.63. The molecule has 3 aromatic carbocycles. The fourth-order valence-corrected chi connectivity index (χ4v) is 4.20. The minimum Gasteiger partial charge on any atom is -0.490 e. The molecule has 0 spiro atoms. The first-order valence-electron chi connectivity index (χ1n) is 11.0. The maximum absolute atomic E-state index is 12.8. The molecule has 1 heterocycles. The summed E-state index contributed by atoms with van der Waals surface area (Å²) in [5.74, 6) is 0.965. The Hall–Kier alpha value is -3.60. The number of hydrogen-bond donors (Lipinski definition) is 0. The van der Waals surface area contributed by atoms with E-state index >= 15 is 0 Å². The molecule has 4 rings (SSSR count). The van der Waals surface area contributed by atoms with Crippen LogP contribution in [-0.2, 0) is 0 Å². The average molecular weight is 430 g/mol. The van der Waals surface area contributed by atoms with Crippen molar-refractivity contribution in [2.75, 3.05) is 19.8 Å². The topological polar surface area (TPSA) is 55.8 Å². The van der Waals surface area contributed by atoms with Crippen LogP contribution in [0.5, 0.6) is 11.5 Å². The fraction of sp³-hybridized carbons (Fsp3) is 0.259. The van der Waals surface area contributed by atoms with E-state index in [1.54, 1.807) is 24.3 Å². The molecule has 1 aliphatic rings. The van der Waals surface area contributed by atoms with E-state index in [2.05, 4.69) is 12.1 Å². The van der Waals surface area contributed by atoms with Gasteiger partial charge in [-0.3, -0.25) is 14.5 Å². The van der Waals surface area contributed by atoms with E-state index in [4.69, 9.17) is 9.47 Å². The predicted octanol–water partition coefficient (Wildman–Crippen LogP) is 5.30. The van der Waals surface area contributed by atoms with Gasteiger partial charge in [0.15, 0.2) is 11.5 Å². The molecule has 0 N–H and O–H groups in total. The van der Waals surface area contributed by atoms with E-state index in [1.165, 1.54) is 4.90 Å². The highest BCUT2D eigenvalue weighted by Gasteiger charge is 2.35. The van der Waals surface area contributed by atoms with Crippen molar-refractivity contribution in [1.29, 1.82) is 0 Å². The molecule has 2 amide bonds. The van der Waals surface area contributed by atoms with Crippen LogP contribution in [-0.4, -0.2) is 36.5 Å². The lowest BCUT2D eigenvalue weighted by molar-refractivity contribution is 0.0651. The van der Waals surface area contributed by atoms with Crippen molar-refractivity contribution in [3.63, 3.8) is 0 Å². The Balaban J connectivity index is 1.62. The van der Waals surface area contributed by atoms with Gasteiger partial charge in [-0.25, -0.2) is 0 Å². The van der Waals surface area contributed by atoms with Crippen molar-refractivity contribution in [3.8, 4) is 11.5 Å². The van der Waals surface area contributed by atoms with Gasteiger partial charge in [-0.15, -0.1) is 0 Å². The summed E-state index contributed by atoms with van der Waals surface area (Å²) in [5, 5.41) is 0. The van der Waals surface area contributed by atoms with Gasteiger partial charge in [-0.05, 0) is 55.7 Å². The number of fused-ring (bicyclic) bond motifs is 1. The summed E-state index contributed by atoms with van der Waals surface area (Å²) in [6.45, 7) is 5.32. The molecule has 1 unspecified atom stereocenters. The summed E-state index contributed by atoms with van der Waals surface area (Å²) < 4.78 is 11.5. The summed E-state index contributed by atoms with van der Waals surface area (Å²) in [4.78, 5) is 27.0. The molecule has 0 aromatic heterocycles. The smallest absolute Gasteiger partial charge is 0.261 e. The van der Waals surface area contributed by atoms with Crippen LogP contribution in [0.2, 0.25) is 0 Å². The zero-order valence-electron chi connectivity index (χ0n) is 18.4. The molecule has 0 fully saturated rings. The molecule has 5 nitrogen and oxygen atoms in total. The van der Waals surface area contributed by atoms with Crippen LogP contribution in [0.15, 0.2) is 72.8 Å². The van der Waals surface area contributed by atoms with E-state index in [9.17, 15) is 9.59 Å². The van der Waals surface area contributed by atoms with Gasteiger partial charge in [0.1, 0.15) is 0 Å². The molecule has 164 valence electrons. The van der Waals surface area contributed by atoms with Gasteiger partial charge in [0.25, 0.3) is 11.8 Å². The highest BCUT2D eigenvalue weighted by Crippen LogP contribution is 2.36. The van der Waals surface area contributed by atoms with E-state index in [-0.39, 0.29) is 17.7 Å². The van der Waals surface area contributed by atoms with Gasteiger partial charge < -0.3 is 9.47 Å². The third kappa shape index (κ3) is 4.24. The fourth-order valence-electron chi connectivity index (χ4n) is 4.20. The van der Waals surface area contributed by atoms with Crippen LogP contribution in [0.1, 0.15) is 58.0 Å². The predicted molar refractivity (Wildman–Crippen MR) is 123 cm³/mol. The molecule has 0 saturated heterocycles. The van der Waals surface area contributed by atoms with E-state index in [0.717, 1.165) is 11.1 Å². The number of nitrogens with zero attached hydrogens (tertiary/aromatic N) is 1. The zero-order valence-corrected chi connectivity index (χ0v) is 18.4. The number of hydrogen-bond acceptors (Lipinski definition) is 4. The number of amides is 2. The third-order valence-corrected chi connectivity index (χ3v) is 5.69. The summed E-state index contributed by atoms with van der Waals surface area (Å²) in [5.41, 5.74) is 3.14. The Morgan fingerprint density at radius 3 is 1.94 bits per heavy atom. The van der Waals surface area contributed by atoms with Crippen LogP contribution >= 0.6 is 0 Å². The van der Waals surface area contributed by atoms with Gasteiger partial charge >= 0.3 is 0 Å². The Morgan fingerprint density at radius 1 is 0.719 bits per heavy atom. The van der Waals surface area contributed by atoms with E-state index in [0.29, 0.717) is 48.8 Å². The summed E-state index contributed by atoms with van der Waals surface area (Å²) in [7, 11) is 0. The highest BCUT2D eigenvalue weighted by molar-refractivity contribution is 6.21. The maximum Gasteiger partial charge on any atom is 0.261 e. The van der Waals surface area contributed by atoms with Crippen molar-refractivity contribution in [1.82, 2.24) is 4.90 Å². The molecule has 1 aliphatic heterocycles. The Bertz CT molecular complexity index is 1070. The van der Waals surface area contributed by atoms with Crippen LogP contribution in [0.4, 0.5) is 0 Å². The Labute approximate surface area is 188 Å². The zero-order chi connectivity index (χ0) is 22.5. The summed E-state index contributed by atoms with van der Waals surface area (Å²) in [6.07, 6.45) is 0.606. The van der Waals surface area contributed by atoms with Gasteiger partial charge in [0, 0.05) is 12.5 Å². The quantitative estimate of drug-likeness (QED) is 0.433. The molecule has 3 aromatic rings. The first-order chi connectivity index (χ1) is 15.6. The van der Waals surface area contributed by atoms with Crippen molar-refractivity contribution in [3.05, 3.63) is 95.1 Å². The lowest BCUT2D eigenvalue weighted by Crippen LogP contribution is -2.31. The Morgan fingerprint density at radius 2 is 1.31 bits per heavy atom. The van der Waals surface area contributed by atoms with Crippen molar-refractivity contribution < 1.29 is 19.1 Å². The average Bonchev–Trinajstić information content (AvgIpc) is 3.07. The van der Waals surface area contributed by atoms with Crippen molar-refractivity contribution in [2.24, 2.45) is 0 Å². The van der Waals surface area contributed by atoms with E-state index < -0.39 is 0 Å². The molecule has 0 radical (unpaired) electrons. The highest BCUT2D eigenvalue weighted by atomic mass is 16.5. The molecular weight excluding hydrogens is 402 g/mol. The van der Waals surface area contributed by atoms with Gasteiger partial charge in [-0.1, -0.05) is 48.5 Å². The number of benzene rings is 3. The van der Waals surface area contributed by atoms with Crippen LogP contribution < -0.4 is 9.47 Å². The van der Waals surface area contributed by atoms with Gasteiger partial charge in [0.2, 0.25) is 0 Å². The van der Waals surface area contributed by atoms with Crippen LogP contribution in [0.25, 0.3) is 0 Å². The number of ether oxygens (including phenoxy) is 2. The Kier molecular flexibility index (Phi) is 6.55.